The molecule has 4 heterocycles. The third-order valence-electron chi connectivity index (χ3n) is 6.48. The van der Waals surface area contributed by atoms with E-state index in [-0.39, 0.29) is 36.7 Å². The van der Waals surface area contributed by atoms with E-state index >= 15 is 0 Å². The van der Waals surface area contributed by atoms with Crippen molar-refractivity contribution in [2.45, 2.75) is 59.1 Å². The fourth-order valence-electron chi connectivity index (χ4n) is 4.45. The second-order valence-electron chi connectivity index (χ2n) is 10.4. The van der Waals surface area contributed by atoms with Gasteiger partial charge < -0.3 is 19.5 Å². The first-order chi connectivity index (χ1) is 17.4. The molecule has 2 saturated heterocycles. The largest absolute Gasteiger partial charge is 0.474 e. The molecule has 2 aliphatic rings. The number of hydrogen-bond donors (Lipinski definition) is 1. The van der Waals surface area contributed by atoms with Gasteiger partial charge in [0.2, 0.25) is 11.8 Å². The molecule has 1 amide bonds. The van der Waals surface area contributed by atoms with Gasteiger partial charge in [0.05, 0.1) is 25.0 Å². The number of carbonyl (C=O) groups is 1. The summed E-state index contributed by atoms with van der Waals surface area (Å²) in [5.41, 5.74) is 1.13. The van der Waals surface area contributed by atoms with Gasteiger partial charge >= 0.3 is 16.5 Å². The molecule has 37 heavy (non-hydrogen) atoms. The molecule has 2 unspecified atom stereocenters. The van der Waals surface area contributed by atoms with Crippen LogP contribution in [0.5, 0.6) is 17.5 Å². The Kier molecular flexibility index (Phi) is 7.85. The molecule has 2 aliphatic heterocycles. The first kappa shape index (κ1) is 27.0. The Hall–Kier alpha value is -3.03. The lowest BCUT2D eigenvalue weighted by atomic mass is 9.80. The van der Waals surface area contributed by atoms with E-state index in [9.17, 15) is 18.3 Å². The van der Waals surface area contributed by atoms with Gasteiger partial charge in [0.1, 0.15) is 18.2 Å². The van der Waals surface area contributed by atoms with Crippen LogP contribution in [0.3, 0.4) is 0 Å². The van der Waals surface area contributed by atoms with Crippen molar-refractivity contribution in [2.75, 3.05) is 19.8 Å². The zero-order chi connectivity index (χ0) is 26.8. The standard InChI is InChI=1S/C24H32N4O8S/c1-15-21(35-18-7-8-28(23(29)30)20(10-18)24(2,3)4)26-14-27-22(15)36-19-6-5-17(25-11-19)9-16-12-33-37(31,32)34-13-16/h5-6,11,14,16,18,20H,7-10,12-13H2,1-4H3,(H,29,30). The number of rotatable bonds is 6. The van der Waals surface area contributed by atoms with Crippen LogP contribution in [-0.4, -0.2) is 71.4 Å². The van der Waals surface area contributed by atoms with Gasteiger partial charge in [-0.05, 0) is 30.9 Å². The summed E-state index contributed by atoms with van der Waals surface area (Å²) >= 11 is 0. The van der Waals surface area contributed by atoms with E-state index < -0.39 is 16.5 Å². The summed E-state index contributed by atoms with van der Waals surface area (Å²) in [6, 6.07) is 3.36. The molecule has 0 bridgehead atoms. The summed E-state index contributed by atoms with van der Waals surface area (Å²) in [7, 11) is -3.87. The van der Waals surface area contributed by atoms with Gasteiger partial charge in [0.15, 0.2) is 0 Å². The van der Waals surface area contributed by atoms with Crippen LogP contribution >= 0.6 is 0 Å². The van der Waals surface area contributed by atoms with Crippen molar-refractivity contribution in [1.29, 1.82) is 0 Å². The number of hydrogen-bond acceptors (Lipinski definition) is 10. The summed E-state index contributed by atoms with van der Waals surface area (Å²) in [5.74, 6) is 1.07. The first-order valence-corrected chi connectivity index (χ1v) is 13.4. The van der Waals surface area contributed by atoms with Crippen molar-refractivity contribution < 1.29 is 36.2 Å². The Balaban J connectivity index is 1.38. The van der Waals surface area contributed by atoms with Gasteiger partial charge in [-0.2, -0.15) is 8.42 Å². The van der Waals surface area contributed by atoms with E-state index in [0.29, 0.717) is 48.9 Å². The minimum absolute atomic E-state index is 0.0526. The number of aromatic nitrogens is 3. The molecular weight excluding hydrogens is 504 g/mol. The average molecular weight is 537 g/mol. The van der Waals surface area contributed by atoms with E-state index in [2.05, 4.69) is 15.0 Å². The summed E-state index contributed by atoms with van der Waals surface area (Å²) in [6.45, 7) is 8.38. The van der Waals surface area contributed by atoms with Gasteiger partial charge in [0.25, 0.3) is 0 Å². The number of carboxylic acid groups (broad SMARTS) is 1. The molecule has 0 saturated carbocycles. The lowest BCUT2D eigenvalue weighted by Crippen LogP contribution is -2.53. The van der Waals surface area contributed by atoms with Crippen LogP contribution in [0.1, 0.15) is 44.9 Å². The Labute approximate surface area is 216 Å². The van der Waals surface area contributed by atoms with Crippen molar-refractivity contribution in [1.82, 2.24) is 19.9 Å². The van der Waals surface area contributed by atoms with E-state index in [1.807, 2.05) is 20.8 Å². The van der Waals surface area contributed by atoms with Crippen LogP contribution in [0.25, 0.3) is 0 Å². The number of likely N-dealkylation sites (tertiary alicyclic amines) is 1. The maximum absolute atomic E-state index is 11.7. The summed E-state index contributed by atoms with van der Waals surface area (Å²) in [5, 5.41) is 9.60. The molecule has 2 fully saturated rings. The fourth-order valence-corrected chi connectivity index (χ4v) is 5.23. The molecule has 2 aromatic heterocycles. The zero-order valence-corrected chi connectivity index (χ0v) is 22.1. The van der Waals surface area contributed by atoms with Crippen molar-refractivity contribution in [3.63, 3.8) is 0 Å². The van der Waals surface area contributed by atoms with E-state index in [0.717, 1.165) is 5.69 Å². The molecular formula is C24H32N4O8S. The van der Waals surface area contributed by atoms with Gasteiger partial charge in [-0.25, -0.2) is 23.1 Å². The summed E-state index contributed by atoms with van der Waals surface area (Å²) < 4.78 is 44.0. The predicted molar refractivity (Wildman–Crippen MR) is 131 cm³/mol. The van der Waals surface area contributed by atoms with Crippen LogP contribution in [0.4, 0.5) is 4.79 Å². The molecule has 2 atom stereocenters. The van der Waals surface area contributed by atoms with Crippen molar-refractivity contribution in [3.8, 4) is 17.5 Å². The van der Waals surface area contributed by atoms with Crippen LogP contribution < -0.4 is 9.47 Å². The molecule has 12 nitrogen and oxygen atoms in total. The van der Waals surface area contributed by atoms with E-state index in [1.54, 1.807) is 25.3 Å². The molecule has 0 spiro atoms. The number of piperidine rings is 1. The van der Waals surface area contributed by atoms with E-state index in [1.165, 1.54) is 11.2 Å². The maximum atomic E-state index is 11.7. The van der Waals surface area contributed by atoms with Crippen molar-refractivity contribution in [3.05, 3.63) is 35.9 Å². The molecule has 2 aromatic rings. The smallest absolute Gasteiger partial charge is 0.407 e. The number of pyridine rings is 1. The van der Waals surface area contributed by atoms with Crippen LogP contribution in [0, 0.1) is 18.3 Å². The molecule has 0 aromatic carbocycles. The highest BCUT2D eigenvalue weighted by Gasteiger charge is 2.39. The van der Waals surface area contributed by atoms with Gasteiger partial charge in [0, 0.05) is 37.0 Å². The highest BCUT2D eigenvalue weighted by molar-refractivity contribution is 7.81. The minimum Gasteiger partial charge on any atom is -0.474 e. The summed E-state index contributed by atoms with van der Waals surface area (Å²) in [6.07, 6.45) is 3.44. The topological polar surface area (TPSA) is 150 Å². The van der Waals surface area contributed by atoms with Crippen molar-refractivity contribution in [2.24, 2.45) is 11.3 Å². The second-order valence-corrected chi connectivity index (χ2v) is 11.7. The first-order valence-electron chi connectivity index (χ1n) is 12.1. The third-order valence-corrected chi connectivity index (χ3v) is 7.33. The highest BCUT2D eigenvalue weighted by atomic mass is 32.3. The lowest BCUT2D eigenvalue weighted by molar-refractivity contribution is 0.0113. The number of ether oxygens (including phenoxy) is 2. The SMILES string of the molecule is Cc1c(Oc2ccc(CC3COS(=O)(=O)OC3)nc2)ncnc1OC1CCN(C(=O)O)C(C(C)(C)C)C1. The Morgan fingerprint density at radius 3 is 2.49 bits per heavy atom. The van der Waals surface area contributed by atoms with Crippen LogP contribution in [0.2, 0.25) is 0 Å². The molecule has 0 radical (unpaired) electrons. The van der Waals surface area contributed by atoms with Gasteiger partial charge in [-0.15, -0.1) is 0 Å². The van der Waals surface area contributed by atoms with Crippen LogP contribution in [0.15, 0.2) is 24.7 Å². The molecule has 13 heteroatoms. The van der Waals surface area contributed by atoms with Gasteiger partial charge in [-0.1, -0.05) is 20.8 Å². The number of nitrogens with zero attached hydrogens (tertiary/aromatic N) is 4. The molecule has 1 N–H and O–H groups in total. The van der Waals surface area contributed by atoms with Crippen molar-refractivity contribution >= 4 is 16.5 Å². The zero-order valence-electron chi connectivity index (χ0n) is 21.3. The predicted octanol–water partition coefficient (Wildman–Crippen LogP) is 3.36. The second kappa shape index (κ2) is 10.8. The Morgan fingerprint density at radius 2 is 1.86 bits per heavy atom. The van der Waals surface area contributed by atoms with E-state index in [4.69, 9.17) is 17.8 Å². The Bertz CT molecular complexity index is 1200. The fraction of sp³-hybridized carbons (Fsp3) is 0.583. The third kappa shape index (κ3) is 6.84. The average Bonchev–Trinajstić information content (AvgIpc) is 2.83. The lowest BCUT2D eigenvalue weighted by Gasteiger charge is -2.44. The quantitative estimate of drug-likeness (QED) is 0.579. The molecule has 4 rings (SSSR count). The van der Waals surface area contributed by atoms with Gasteiger partial charge in [-0.3, -0.25) is 4.98 Å². The monoisotopic (exact) mass is 536 g/mol. The van der Waals surface area contributed by atoms with Crippen LogP contribution in [-0.2, 0) is 25.2 Å². The normalized spacial score (nSPS) is 22.4. The highest BCUT2D eigenvalue weighted by Crippen LogP contribution is 2.35. The maximum Gasteiger partial charge on any atom is 0.407 e. The number of amides is 1. The molecule has 0 aliphatic carbocycles. The Morgan fingerprint density at radius 1 is 1.16 bits per heavy atom. The molecule has 202 valence electrons. The minimum atomic E-state index is -3.87. The summed E-state index contributed by atoms with van der Waals surface area (Å²) in [4.78, 5) is 26.1.